The van der Waals surface area contributed by atoms with E-state index in [2.05, 4.69) is 4.98 Å². The summed E-state index contributed by atoms with van der Waals surface area (Å²) < 4.78 is 23.6. The van der Waals surface area contributed by atoms with Gasteiger partial charge in [0.1, 0.15) is 12.4 Å². The Bertz CT molecular complexity index is 1420. The molecule has 0 spiro atoms. The van der Waals surface area contributed by atoms with E-state index in [0.29, 0.717) is 23.0 Å². The molecular formula is C23H23N3O5. The van der Waals surface area contributed by atoms with Crippen molar-refractivity contribution in [1.82, 2.24) is 14.5 Å². The molecule has 8 heteroatoms. The summed E-state index contributed by atoms with van der Waals surface area (Å²) in [6.45, 7) is -0.543. The van der Waals surface area contributed by atoms with E-state index in [4.69, 9.17) is 7.48 Å². The third kappa shape index (κ3) is 2.72. The fourth-order valence-corrected chi connectivity index (χ4v) is 4.32. The zero-order valence-corrected chi connectivity index (χ0v) is 17.4. The number of rotatable bonds is 3. The molecule has 0 unspecified atom stereocenters. The minimum Gasteiger partial charge on any atom is -0.508 e. The molecule has 31 heavy (non-hydrogen) atoms. The van der Waals surface area contributed by atoms with E-state index >= 15 is 0 Å². The highest BCUT2D eigenvalue weighted by molar-refractivity contribution is 5.89. The minimum atomic E-state index is -2.23. The average molecular weight is 423 g/mol. The lowest BCUT2D eigenvalue weighted by atomic mass is 9.86. The lowest BCUT2D eigenvalue weighted by Crippen LogP contribution is -2.44. The molecule has 0 saturated heterocycles. The highest BCUT2D eigenvalue weighted by Gasteiger charge is 2.45. The fraction of sp³-hybridized carbons (Fsp3) is 0.348. The number of pyridine rings is 2. The number of benzene rings is 1. The van der Waals surface area contributed by atoms with Crippen LogP contribution in [0, 0.1) is 0 Å². The van der Waals surface area contributed by atoms with Gasteiger partial charge in [-0.3, -0.25) is 4.79 Å². The second-order valence-electron chi connectivity index (χ2n) is 8.22. The van der Waals surface area contributed by atoms with Crippen molar-refractivity contribution in [3.8, 4) is 17.1 Å². The van der Waals surface area contributed by atoms with Crippen molar-refractivity contribution in [3.05, 3.63) is 56.9 Å². The fourth-order valence-electron chi connectivity index (χ4n) is 4.32. The molecule has 2 aromatic heterocycles. The van der Waals surface area contributed by atoms with E-state index in [9.17, 15) is 19.8 Å². The number of esters is 1. The van der Waals surface area contributed by atoms with Crippen molar-refractivity contribution in [2.45, 2.75) is 38.6 Å². The van der Waals surface area contributed by atoms with Crippen LogP contribution >= 0.6 is 0 Å². The first kappa shape index (κ1) is 17.5. The first-order valence-corrected chi connectivity index (χ1v) is 10.0. The Morgan fingerprint density at radius 3 is 2.81 bits per heavy atom. The number of phenolic OH excluding ortho intramolecular Hbond substituents is 1. The van der Waals surface area contributed by atoms with E-state index in [1.165, 1.54) is 12.1 Å². The Hall–Kier alpha value is -3.23. The summed E-state index contributed by atoms with van der Waals surface area (Å²) in [5.74, 6) is -0.760. The van der Waals surface area contributed by atoms with Gasteiger partial charge in [-0.1, -0.05) is 6.92 Å². The van der Waals surface area contributed by atoms with Gasteiger partial charge in [0.25, 0.3) is 5.56 Å². The summed E-state index contributed by atoms with van der Waals surface area (Å²) in [6, 6.07) is 6.27. The SMILES string of the molecule is [2H]C1([2H])c2cc3c(CN(C)C)c(O)ccc3nc2-c2cc3c(c(=O)n21)COC(=O)[C@]3(O)CC. The molecule has 160 valence electrons. The number of hydrogen-bond donors (Lipinski definition) is 2. The Kier molecular flexibility index (Phi) is 3.73. The molecule has 0 fully saturated rings. The molecule has 0 bridgehead atoms. The average Bonchev–Trinajstić information content (AvgIpc) is 2.98. The molecule has 3 aromatic rings. The van der Waals surface area contributed by atoms with Gasteiger partial charge in [0.15, 0.2) is 5.60 Å². The van der Waals surface area contributed by atoms with Crippen LogP contribution in [0.15, 0.2) is 29.1 Å². The molecule has 2 aliphatic heterocycles. The van der Waals surface area contributed by atoms with Crippen LogP contribution in [0.2, 0.25) is 0 Å². The van der Waals surface area contributed by atoms with E-state index in [1.807, 2.05) is 19.0 Å². The Morgan fingerprint density at radius 1 is 1.32 bits per heavy atom. The quantitative estimate of drug-likeness (QED) is 0.620. The number of cyclic esters (lactones) is 1. The van der Waals surface area contributed by atoms with Gasteiger partial charge in [-0.25, -0.2) is 9.78 Å². The summed E-state index contributed by atoms with van der Waals surface area (Å²) in [5, 5.41) is 22.0. The smallest absolute Gasteiger partial charge is 0.343 e. The minimum absolute atomic E-state index is 0.000200. The number of carbonyl (C=O) groups is 1. The van der Waals surface area contributed by atoms with Crippen LogP contribution in [-0.2, 0) is 34.8 Å². The molecule has 1 atom stereocenters. The van der Waals surface area contributed by atoms with Crippen LogP contribution in [0.4, 0.5) is 0 Å². The maximum Gasteiger partial charge on any atom is 0.343 e. The molecule has 0 radical (unpaired) electrons. The van der Waals surface area contributed by atoms with E-state index < -0.39 is 23.6 Å². The summed E-state index contributed by atoms with van der Waals surface area (Å²) in [5.41, 5.74) is -0.738. The second kappa shape index (κ2) is 6.63. The lowest BCUT2D eigenvalue weighted by molar-refractivity contribution is -0.172. The number of ether oxygens (including phenoxy) is 1. The van der Waals surface area contributed by atoms with Crippen molar-refractivity contribution in [2.75, 3.05) is 14.1 Å². The standard InChI is InChI=1S/C23H23N3O5/c1-4-23(30)16-8-18-20-12(9-26(18)21(28)15(16)11-31-22(23)29)7-13-14(10-25(2)3)19(27)6-5-17(13)24-20/h5-8,27,30H,4,9-11H2,1-3H3/t23-/m0/s1/i9D2. The van der Waals surface area contributed by atoms with Gasteiger partial charge in [0.05, 0.1) is 31.7 Å². The third-order valence-electron chi connectivity index (χ3n) is 5.99. The van der Waals surface area contributed by atoms with Gasteiger partial charge >= 0.3 is 5.97 Å². The van der Waals surface area contributed by atoms with Crippen LogP contribution in [0.5, 0.6) is 5.75 Å². The van der Waals surface area contributed by atoms with E-state index in [-0.39, 0.29) is 46.9 Å². The van der Waals surface area contributed by atoms with Crippen LogP contribution in [0.3, 0.4) is 0 Å². The number of nitrogens with zero attached hydrogens (tertiary/aromatic N) is 3. The zero-order chi connectivity index (χ0) is 23.9. The molecule has 5 rings (SSSR count). The molecule has 1 aromatic carbocycles. The Labute approximate surface area is 181 Å². The summed E-state index contributed by atoms with van der Waals surface area (Å²) in [4.78, 5) is 32.3. The van der Waals surface area contributed by atoms with Crippen LogP contribution in [-0.4, -0.2) is 44.7 Å². The maximum absolute atomic E-state index is 13.4. The normalized spacial score (nSPS) is 21.9. The molecule has 0 saturated carbocycles. The van der Waals surface area contributed by atoms with Crippen molar-refractivity contribution in [3.63, 3.8) is 0 Å². The number of aromatic nitrogens is 2. The lowest BCUT2D eigenvalue weighted by Gasteiger charge is -2.31. The maximum atomic E-state index is 13.4. The number of aliphatic hydroxyl groups is 1. The monoisotopic (exact) mass is 423 g/mol. The van der Waals surface area contributed by atoms with E-state index in [0.717, 1.165) is 4.57 Å². The predicted molar refractivity (Wildman–Crippen MR) is 114 cm³/mol. The Morgan fingerprint density at radius 2 is 2.10 bits per heavy atom. The van der Waals surface area contributed by atoms with Crippen LogP contribution in [0.25, 0.3) is 22.3 Å². The molecule has 2 aliphatic rings. The van der Waals surface area contributed by atoms with Gasteiger partial charge in [-0.05, 0) is 44.8 Å². The molecule has 4 heterocycles. The van der Waals surface area contributed by atoms with Crippen LogP contribution < -0.4 is 5.56 Å². The second-order valence-corrected chi connectivity index (χ2v) is 8.22. The number of fused-ring (bicyclic) bond motifs is 5. The number of aromatic hydroxyl groups is 1. The highest BCUT2D eigenvalue weighted by Crippen LogP contribution is 2.39. The molecule has 0 amide bonds. The third-order valence-corrected chi connectivity index (χ3v) is 5.99. The molecule has 0 aliphatic carbocycles. The van der Waals surface area contributed by atoms with Crippen LogP contribution in [0.1, 0.15) is 38.3 Å². The predicted octanol–water partition coefficient (Wildman–Crippen LogP) is 1.85. The first-order valence-electron chi connectivity index (χ1n) is 11.0. The topological polar surface area (TPSA) is 105 Å². The number of phenols is 1. The molecule has 8 nitrogen and oxygen atoms in total. The van der Waals surface area contributed by atoms with Gasteiger partial charge in [0, 0.05) is 28.6 Å². The summed E-state index contributed by atoms with van der Waals surface area (Å²) >= 11 is 0. The highest BCUT2D eigenvalue weighted by atomic mass is 16.6. The largest absolute Gasteiger partial charge is 0.508 e. The van der Waals surface area contributed by atoms with Gasteiger partial charge in [-0.2, -0.15) is 0 Å². The first-order chi connectivity index (χ1) is 15.5. The van der Waals surface area contributed by atoms with Crippen molar-refractivity contribution in [1.29, 1.82) is 0 Å². The van der Waals surface area contributed by atoms with E-state index in [1.54, 1.807) is 19.1 Å². The summed E-state index contributed by atoms with van der Waals surface area (Å²) in [7, 11) is 3.72. The van der Waals surface area contributed by atoms with Gasteiger partial charge < -0.3 is 24.4 Å². The van der Waals surface area contributed by atoms with Gasteiger partial charge in [0.2, 0.25) is 0 Å². The Balaban J connectivity index is 1.84. The van der Waals surface area contributed by atoms with Crippen molar-refractivity contribution < 1.29 is 22.5 Å². The number of hydrogen-bond acceptors (Lipinski definition) is 7. The molecule has 2 N–H and O–H groups in total. The van der Waals surface area contributed by atoms with Crippen molar-refractivity contribution in [2.24, 2.45) is 0 Å². The summed E-state index contributed by atoms with van der Waals surface area (Å²) in [6.07, 6.45) is -0.000200. The molecular weight excluding hydrogens is 398 g/mol. The number of carbonyl (C=O) groups excluding carboxylic acids is 1. The van der Waals surface area contributed by atoms with Crippen molar-refractivity contribution >= 4 is 16.9 Å². The zero-order valence-electron chi connectivity index (χ0n) is 19.4. The van der Waals surface area contributed by atoms with Gasteiger partial charge in [-0.15, -0.1) is 0 Å².